The van der Waals surface area contributed by atoms with E-state index in [1.807, 2.05) is 89.8 Å². The Hall–Kier alpha value is -3.29. The maximum atomic E-state index is 13.0. The number of nitrogens with zero attached hydrogens (tertiary/aromatic N) is 4. The van der Waals surface area contributed by atoms with Gasteiger partial charge < -0.3 is 14.4 Å². The molecule has 1 amide bonds. The molecule has 0 spiro atoms. The molecule has 0 saturated carbocycles. The second-order valence-corrected chi connectivity index (χ2v) is 12.7. The number of likely N-dealkylation sites (tertiary alicyclic amines) is 1. The van der Waals surface area contributed by atoms with E-state index in [-0.39, 0.29) is 18.1 Å². The Labute approximate surface area is 225 Å². The third-order valence-corrected chi connectivity index (χ3v) is 7.11. The van der Waals surface area contributed by atoms with E-state index in [0.717, 1.165) is 34.9 Å². The van der Waals surface area contributed by atoms with Crippen molar-refractivity contribution in [2.75, 3.05) is 13.1 Å². The molecule has 1 aliphatic rings. The molecule has 1 saturated heterocycles. The highest BCUT2D eigenvalue weighted by atomic mass is 16.6. The Balaban J connectivity index is 1.67. The van der Waals surface area contributed by atoms with Crippen LogP contribution < -0.4 is 0 Å². The van der Waals surface area contributed by atoms with Gasteiger partial charge in [0, 0.05) is 43.8 Å². The van der Waals surface area contributed by atoms with E-state index in [0.29, 0.717) is 19.0 Å². The molecule has 2 aromatic heterocycles. The summed E-state index contributed by atoms with van der Waals surface area (Å²) >= 11 is 0. The Morgan fingerprint density at radius 3 is 2.29 bits per heavy atom. The SMILES string of the molecule is Cc1cc(C)c2c(ccn2C(=O)OC(C)(C)C)c1C[C@@H]1CCN(C(=O)OC(C)(C)C)C[C@H]1c1cnn(C)c1. The van der Waals surface area contributed by atoms with Crippen molar-refractivity contribution in [1.29, 1.82) is 0 Å². The first-order valence-corrected chi connectivity index (χ1v) is 13.4. The van der Waals surface area contributed by atoms with Gasteiger partial charge in [-0.25, -0.2) is 9.59 Å². The molecule has 2 atom stereocenters. The minimum absolute atomic E-state index is 0.119. The van der Waals surface area contributed by atoms with Gasteiger partial charge in [0.25, 0.3) is 0 Å². The average molecular weight is 523 g/mol. The number of amides is 1. The largest absolute Gasteiger partial charge is 0.444 e. The van der Waals surface area contributed by atoms with E-state index >= 15 is 0 Å². The molecule has 1 fully saturated rings. The fraction of sp³-hybridized carbons (Fsp3) is 0.567. The molecule has 8 heteroatoms. The Morgan fingerprint density at radius 1 is 1.03 bits per heavy atom. The fourth-order valence-electron chi connectivity index (χ4n) is 5.51. The first-order chi connectivity index (χ1) is 17.6. The van der Waals surface area contributed by atoms with Gasteiger partial charge in [0.1, 0.15) is 11.2 Å². The van der Waals surface area contributed by atoms with Crippen LogP contribution in [0.1, 0.15) is 76.1 Å². The fourth-order valence-corrected chi connectivity index (χ4v) is 5.51. The smallest absolute Gasteiger partial charge is 0.418 e. The van der Waals surface area contributed by atoms with Crippen molar-refractivity contribution in [1.82, 2.24) is 19.2 Å². The molecule has 8 nitrogen and oxygen atoms in total. The number of aromatic nitrogens is 3. The lowest BCUT2D eigenvalue weighted by molar-refractivity contribution is 0.0156. The van der Waals surface area contributed by atoms with Gasteiger partial charge in [-0.2, -0.15) is 5.10 Å². The number of piperidine rings is 1. The number of hydrogen-bond donors (Lipinski definition) is 0. The first kappa shape index (κ1) is 27.7. The zero-order chi connectivity index (χ0) is 28.0. The lowest BCUT2D eigenvalue weighted by Gasteiger charge is -2.39. The van der Waals surface area contributed by atoms with Crippen molar-refractivity contribution in [3.63, 3.8) is 0 Å². The van der Waals surface area contributed by atoms with Crippen LogP contribution in [0, 0.1) is 19.8 Å². The van der Waals surface area contributed by atoms with Gasteiger partial charge in [0.05, 0.1) is 11.7 Å². The minimum Gasteiger partial charge on any atom is -0.444 e. The molecule has 0 aliphatic carbocycles. The topological polar surface area (TPSA) is 78.6 Å². The van der Waals surface area contributed by atoms with Gasteiger partial charge in [-0.15, -0.1) is 0 Å². The summed E-state index contributed by atoms with van der Waals surface area (Å²) in [4.78, 5) is 27.8. The maximum absolute atomic E-state index is 13.0. The molecule has 0 unspecified atom stereocenters. The van der Waals surface area contributed by atoms with Crippen LogP contribution in [0.2, 0.25) is 0 Å². The summed E-state index contributed by atoms with van der Waals surface area (Å²) in [7, 11) is 1.92. The standard InChI is InChI=1S/C30H42N4O4/c1-19-14-20(2)26-23(11-13-34(26)28(36)38-30(6,7)8)24(19)15-21-10-12-33(27(35)37-29(3,4)5)18-25(21)22-16-31-32(9)17-22/h11,13-14,16-17,21,25H,10,12,15,18H2,1-9H3/t21-,25+/m0/s1. The van der Waals surface area contributed by atoms with Crippen LogP contribution in [0.4, 0.5) is 9.59 Å². The zero-order valence-electron chi connectivity index (χ0n) is 24.3. The Bertz CT molecular complexity index is 1340. The highest BCUT2D eigenvalue weighted by Crippen LogP contribution is 2.38. The van der Waals surface area contributed by atoms with E-state index in [1.54, 1.807) is 4.57 Å². The highest BCUT2D eigenvalue weighted by molar-refractivity contribution is 5.94. The summed E-state index contributed by atoms with van der Waals surface area (Å²) in [5.74, 6) is 0.418. The number of ether oxygens (including phenoxy) is 2. The molecular formula is C30H42N4O4. The summed E-state index contributed by atoms with van der Waals surface area (Å²) in [5, 5.41) is 5.50. The van der Waals surface area contributed by atoms with Gasteiger partial charge in [-0.1, -0.05) is 6.07 Å². The van der Waals surface area contributed by atoms with E-state index in [4.69, 9.17) is 9.47 Å². The van der Waals surface area contributed by atoms with Crippen LogP contribution in [0.5, 0.6) is 0 Å². The van der Waals surface area contributed by atoms with Crippen LogP contribution in [0.15, 0.2) is 30.7 Å². The lowest BCUT2D eigenvalue weighted by atomic mass is 9.77. The predicted octanol–water partition coefficient (Wildman–Crippen LogP) is 6.36. The number of carbonyl (C=O) groups excluding carboxylic acids is 2. The molecule has 3 aromatic rings. The molecule has 0 radical (unpaired) electrons. The molecule has 1 aliphatic heterocycles. The minimum atomic E-state index is -0.575. The van der Waals surface area contributed by atoms with Crippen molar-refractivity contribution in [2.24, 2.45) is 13.0 Å². The van der Waals surface area contributed by atoms with Gasteiger partial charge in [-0.3, -0.25) is 9.25 Å². The van der Waals surface area contributed by atoms with Crippen molar-refractivity contribution < 1.29 is 19.1 Å². The Morgan fingerprint density at radius 2 is 1.68 bits per heavy atom. The molecular weight excluding hydrogens is 480 g/mol. The number of carbonyl (C=O) groups is 2. The predicted molar refractivity (Wildman–Crippen MR) is 149 cm³/mol. The van der Waals surface area contributed by atoms with E-state index in [1.165, 1.54) is 11.1 Å². The van der Waals surface area contributed by atoms with Crippen LogP contribution >= 0.6 is 0 Å². The number of benzene rings is 1. The maximum Gasteiger partial charge on any atom is 0.418 e. The van der Waals surface area contributed by atoms with E-state index in [9.17, 15) is 9.59 Å². The Kier molecular flexibility index (Phi) is 7.38. The highest BCUT2D eigenvalue weighted by Gasteiger charge is 2.36. The summed E-state index contributed by atoms with van der Waals surface area (Å²) in [6.45, 7) is 16.7. The third kappa shape index (κ3) is 6.05. The van der Waals surface area contributed by atoms with Crippen molar-refractivity contribution in [2.45, 2.75) is 85.4 Å². The number of rotatable bonds is 3. The second kappa shape index (κ2) is 10.1. The third-order valence-electron chi connectivity index (χ3n) is 7.11. The molecule has 38 heavy (non-hydrogen) atoms. The first-order valence-electron chi connectivity index (χ1n) is 13.4. The summed E-state index contributed by atoms with van der Waals surface area (Å²) < 4.78 is 14.8. The van der Waals surface area contributed by atoms with Crippen molar-refractivity contribution in [3.05, 3.63) is 53.0 Å². The van der Waals surface area contributed by atoms with Crippen molar-refractivity contribution in [3.8, 4) is 0 Å². The monoisotopic (exact) mass is 522 g/mol. The van der Waals surface area contributed by atoms with Crippen LogP contribution in [-0.2, 0) is 22.9 Å². The number of aryl methyl sites for hydroxylation is 3. The van der Waals surface area contributed by atoms with Gasteiger partial charge in [0.2, 0.25) is 0 Å². The summed E-state index contributed by atoms with van der Waals surface area (Å²) in [6.07, 6.45) is 6.82. The van der Waals surface area contributed by atoms with Crippen molar-refractivity contribution >= 4 is 23.1 Å². The molecule has 3 heterocycles. The van der Waals surface area contributed by atoms with Crippen LogP contribution in [0.25, 0.3) is 10.9 Å². The molecule has 0 bridgehead atoms. The summed E-state index contributed by atoms with van der Waals surface area (Å²) in [6, 6.07) is 4.19. The quantitative estimate of drug-likeness (QED) is 0.400. The second-order valence-electron chi connectivity index (χ2n) is 12.7. The molecule has 4 rings (SSSR count). The van der Waals surface area contributed by atoms with Gasteiger partial charge >= 0.3 is 12.2 Å². The lowest BCUT2D eigenvalue weighted by Crippen LogP contribution is -2.45. The van der Waals surface area contributed by atoms with Crippen LogP contribution in [-0.4, -0.2) is 55.7 Å². The van der Waals surface area contributed by atoms with E-state index in [2.05, 4.69) is 18.1 Å². The zero-order valence-corrected chi connectivity index (χ0v) is 24.3. The average Bonchev–Trinajstić information content (AvgIpc) is 3.41. The molecule has 0 N–H and O–H groups in total. The van der Waals surface area contributed by atoms with E-state index < -0.39 is 11.2 Å². The molecule has 206 valence electrons. The van der Waals surface area contributed by atoms with Gasteiger partial charge in [-0.05, 0) is 102 Å². The van der Waals surface area contributed by atoms with Crippen LogP contribution in [0.3, 0.4) is 0 Å². The summed E-state index contributed by atoms with van der Waals surface area (Å²) in [5.41, 5.74) is 4.38. The number of fused-ring (bicyclic) bond motifs is 1. The molecule has 1 aromatic carbocycles. The normalized spacial score (nSPS) is 18.6. The van der Waals surface area contributed by atoms with Gasteiger partial charge in [0.15, 0.2) is 0 Å². The number of hydrogen-bond acceptors (Lipinski definition) is 5.